The Bertz CT molecular complexity index is 2630. The predicted octanol–water partition coefficient (Wildman–Crippen LogP) is 7.25. The molecular weight excluding hydrogens is 801 g/mol. The van der Waals surface area contributed by atoms with Crippen molar-refractivity contribution in [3.05, 3.63) is 143 Å². The number of fused-ring (bicyclic) bond motifs is 2. The van der Waals surface area contributed by atoms with Gasteiger partial charge in [-0.1, -0.05) is 60.7 Å². The third kappa shape index (κ3) is 8.06. The van der Waals surface area contributed by atoms with Crippen LogP contribution in [0, 0.1) is 0 Å². The number of epoxide rings is 1. The van der Waals surface area contributed by atoms with Crippen molar-refractivity contribution in [3.8, 4) is 34.0 Å². The van der Waals surface area contributed by atoms with Crippen LogP contribution in [0.2, 0.25) is 0 Å². The van der Waals surface area contributed by atoms with E-state index in [-0.39, 0.29) is 36.4 Å². The van der Waals surface area contributed by atoms with E-state index in [9.17, 15) is 14.4 Å². The van der Waals surface area contributed by atoms with E-state index >= 15 is 0 Å². The lowest BCUT2D eigenvalue weighted by molar-refractivity contribution is -0.135. The van der Waals surface area contributed by atoms with Gasteiger partial charge < -0.3 is 44.0 Å². The van der Waals surface area contributed by atoms with Gasteiger partial charge in [-0.25, -0.2) is 14.8 Å². The van der Waals surface area contributed by atoms with Gasteiger partial charge in [0.15, 0.2) is 12.5 Å². The summed E-state index contributed by atoms with van der Waals surface area (Å²) in [5.74, 6) is 2.78. The molecule has 3 amide bonds. The van der Waals surface area contributed by atoms with Gasteiger partial charge in [-0.15, -0.1) is 0 Å². The first-order chi connectivity index (χ1) is 30.8. The molecule has 6 aromatic rings. The lowest BCUT2D eigenvalue weighted by Gasteiger charge is -2.28. The average molecular weight is 849 g/mol. The highest BCUT2D eigenvalue weighted by Crippen LogP contribution is 2.41. The molecule has 0 saturated carbocycles. The lowest BCUT2D eigenvalue weighted by atomic mass is 9.96. The Morgan fingerprint density at radius 1 is 0.714 bits per heavy atom. The largest absolute Gasteiger partial charge is 0.457 e. The smallest absolute Gasteiger partial charge is 0.407 e. The highest BCUT2D eigenvalue weighted by atomic mass is 16.8. The van der Waals surface area contributed by atoms with E-state index in [0.717, 1.165) is 82.2 Å². The second kappa shape index (κ2) is 17.2. The molecule has 4 aromatic carbocycles. The molecule has 15 nitrogen and oxygen atoms in total. The molecule has 6 heterocycles. The number of aromatic amines is 2. The van der Waals surface area contributed by atoms with Crippen molar-refractivity contribution in [1.82, 2.24) is 40.4 Å². The van der Waals surface area contributed by atoms with Gasteiger partial charge in [0.2, 0.25) is 5.91 Å². The molecule has 63 heavy (non-hydrogen) atoms. The Labute approximate surface area is 364 Å². The molecule has 3 saturated heterocycles. The molecule has 0 radical (unpaired) electrons. The molecule has 322 valence electrons. The van der Waals surface area contributed by atoms with E-state index in [1.54, 1.807) is 18.2 Å². The van der Waals surface area contributed by atoms with Gasteiger partial charge in [-0.3, -0.25) is 14.9 Å². The summed E-state index contributed by atoms with van der Waals surface area (Å²) in [6.45, 7) is 1.17. The summed E-state index contributed by atoms with van der Waals surface area (Å²) in [6, 6.07) is 29.2. The van der Waals surface area contributed by atoms with Crippen LogP contribution in [0.25, 0.3) is 22.5 Å². The first-order valence-electron chi connectivity index (χ1n) is 21.4. The molecule has 10 rings (SSSR count). The summed E-state index contributed by atoms with van der Waals surface area (Å²) < 4.78 is 22.2. The molecular formula is C48H48N8O7. The second-order valence-corrected chi connectivity index (χ2v) is 16.3. The number of nitrogens with zero attached hydrogens (tertiary/aromatic N) is 4. The molecule has 0 bridgehead atoms. The van der Waals surface area contributed by atoms with Gasteiger partial charge in [-0.05, 0) is 84.3 Å². The summed E-state index contributed by atoms with van der Waals surface area (Å²) in [4.78, 5) is 60.9. The van der Waals surface area contributed by atoms with E-state index in [2.05, 4.69) is 32.7 Å². The van der Waals surface area contributed by atoms with Crippen molar-refractivity contribution in [2.45, 2.75) is 68.8 Å². The van der Waals surface area contributed by atoms with Crippen LogP contribution in [0.4, 0.5) is 4.79 Å². The third-order valence-corrected chi connectivity index (χ3v) is 12.5. The molecule has 6 atom stereocenters. The first kappa shape index (κ1) is 40.3. The van der Waals surface area contributed by atoms with Gasteiger partial charge in [0, 0.05) is 37.7 Å². The van der Waals surface area contributed by atoms with Crippen LogP contribution in [-0.4, -0.2) is 87.5 Å². The Morgan fingerprint density at radius 3 is 1.75 bits per heavy atom. The minimum absolute atomic E-state index is 0.0279. The molecule has 4 aliphatic rings. The number of rotatable bonds is 12. The molecule has 3 unspecified atom stereocenters. The molecule has 2 aromatic heterocycles. The van der Waals surface area contributed by atoms with Crippen LogP contribution >= 0.6 is 0 Å². The van der Waals surface area contributed by atoms with Crippen molar-refractivity contribution in [3.63, 3.8) is 0 Å². The number of hydrogen-bond donors (Lipinski definition) is 4. The molecule has 4 N–H and O–H groups in total. The number of methoxy groups -OCH3 is 2. The van der Waals surface area contributed by atoms with Crippen molar-refractivity contribution in [2.24, 2.45) is 0 Å². The number of alkyl carbamates (subject to hydrolysis) is 1. The second-order valence-electron chi connectivity index (χ2n) is 16.3. The normalized spacial score (nSPS) is 20.9. The van der Waals surface area contributed by atoms with Crippen molar-refractivity contribution in [2.75, 3.05) is 27.3 Å². The fourth-order valence-corrected chi connectivity index (χ4v) is 9.19. The summed E-state index contributed by atoms with van der Waals surface area (Å²) in [5, 5.41) is 6.08. The number of carbonyl (C=O) groups is 3. The zero-order valence-corrected chi connectivity index (χ0v) is 35.0. The Balaban J connectivity index is 0.837. The van der Waals surface area contributed by atoms with Crippen LogP contribution in [-0.2, 0) is 30.2 Å². The zero-order chi connectivity index (χ0) is 43.0. The standard InChI is InChI=1S/C48H48N8O7/c1-60-47-44(63-47)53-40(28-11-5-3-6-12-28)45(57)55-21-9-15-36(55)42-49-26-34(51-42)30-17-19-38-32(23-30)25-33-24-31(18-20-39(33)62-38)35-27-50-43(52-35)37-16-10-22-56(37)46(58)41(54-48(59)61-2)29-13-7-4-8-14-29/h3-8,11-14,17-20,23-24,26-27,36-37,40-41,44,47,53H,9-10,15-16,21-22,25H2,1-2H3,(H,49,51)(H,50,52)(H,54,59)/t36-,37-,40?,41+,44?,47?/m0/s1. The minimum atomic E-state index is -0.893. The van der Waals surface area contributed by atoms with Gasteiger partial charge in [0.05, 0.1) is 43.0 Å². The summed E-state index contributed by atoms with van der Waals surface area (Å²) in [6.07, 6.45) is 6.12. The van der Waals surface area contributed by atoms with Gasteiger partial charge in [0.25, 0.3) is 5.91 Å². The summed E-state index contributed by atoms with van der Waals surface area (Å²) >= 11 is 0. The van der Waals surface area contributed by atoms with Crippen molar-refractivity contribution >= 4 is 17.9 Å². The monoisotopic (exact) mass is 848 g/mol. The van der Waals surface area contributed by atoms with Crippen molar-refractivity contribution < 1.29 is 33.3 Å². The Hall–Kier alpha value is -6.81. The summed E-state index contributed by atoms with van der Waals surface area (Å²) in [5.41, 5.74) is 7.22. The topological polar surface area (TPSA) is 179 Å². The zero-order valence-electron chi connectivity index (χ0n) is 35.0. The van der Waals surface area contributed by atoms with E-state index in [0.29, 0.717) is 30.9 Å². The molecule has 0 aliphatic carbocycles. The number of imidazole rings is 2. The highest BCUT2D eigenvalue weighted by Gasteiger charge is 2.44. The van der Waals surface area contributed by atoms with E-state index in [1.165, 1.54) is 7.11 Å². The number of H-pyrrole nitrogens is 2. The number of likely N-dealkylation sites (tertiary alicyclic amines) is 2. The number of ether oxygens (including phenoxy) is 4. The minimum Gasteiger partial charge on any atom is -0.457 e. The number of aromatic nitrogens is 4. The Morgan fingerprint density at radius 2 is 1.24 bits per heavy atom. The molecule has 4 aliphatic heterocycles. The number of nitrogens with one attached hydrogen (secondary N) is 4. The van der Waals surface area contributed by atoms with Crippen LogP contribution < -0.4 is 15.4 Å². The molecule has 0 spiro atoms. The van der Waals surface area contributed by atoms with E-state index in [1.807, 2.05) is 96.0 Å². The SMILES string of the molecule is COC(=O)N[C@@H](C(=O)N1CCC[C@H]1c1ncc(-c2ccc3c(c2)Cc2cc(-c4cnc([C@@H]5CCCN5C(=O)C(NC5OC5OC)c5ccccc5)[nH]4)ccc2O3)[nH]1)c1ccccc1. The number of hydrogen-bond acceptors (Lipinski definition) is 10. The third-order valence-electron chi connectivity index (χ3n) is 12.5. The number of carbonyl (C=O) groups excluding carboxylic acids is 3. The van der Waals surface area contributed by atoms with Gasteiger partial charge in [0.1, 0.15) is 35.2 Å². The van der Waals surface area contributed by atoms with Crippen LogP contribution in [0.1, 0.15) is 83.8 Å². The first-order valence-corrected chi connectivity index (χ1v) is 21.4. The Kier molecular flexibility index (Phi) is 11.0. The van der Waals surface area contributed by atoms with Crippen molar-refractivity contribution in [1.29, 1.82) is 0 Å². The highest BCUT2D eigenvalue weighted by molar-refractivity contribution is 5.87. The maximum Gasteiger partial charge on any atom is 0.407 e. The average Bonchev–Trinajstić information content (AvgIpc) is 3.93. The van der Waals surface area contributed by atoms with E-state index in [4.69, 9.17) is 28.9 Å². The fraction of sp³-hybridized carbons (Fsp3) is 0.312. The number of benzene rings is 4. The predicted molar refractivity (Wildman–Crippen MR) is 231 cm³/mol. The van der Waals surface area contributed by atoms with Crippen LogP contribution in [0.5, 0.6) is 11.5 Å². The van der Waals surface area contributed by atoms with E-state index < -0.39 is 18.2 Å². The summed E-state index contributed by atoms with van der Waals surface area (Å²) in [7, 11) is 2.87. The maximum atomic E-state index is 14.2. The lowest BCUT2D eigenvalue weighted by Crippen LogP contribution is -2.42. The van der Waals surface area contributed by atoms with Gasteiger partial charge >= 0.3 is 6.09 Å². The van der Waals surface area contributed by atoms with Crippen LogP contribution in [0.3, 0.4) is 0 Å². The quantitative estimate of drug-likeness (QED) is 0.0916. The van der Waals surface area contributed by atoms with Gasteiger partial charge in [-0.2, -0.15) is 0 Å². The number of amides is 3. The van der Waals surface area contributed by atoms with Crippen LogP contribution in [0.15, 0.2) is 109 Å². The fourth-order valence-electron chi connectivity index (χ4n) is 9.19. The molecule has 15 heteroatoms. The maximum absolute atomic E-state index is 14.2. The molecule has 3 fully saturated rings.